The SMILES string of the molecule is CC(C)C(=O)N(CCC(=O)O)C(C)C(=O)O. The quantitative estimate of drug-likeness (QED) is 0.690. The van der Waals surface area contributed by atoms with Crippen LogP contribution in [0.1, 0.15) is 27.2 Å². The van der Waals surface area contributed by atoms with Gasteiger partial charge in [-0.05, 0) is 6.92 Å². The van der Waals surface area contributed by atoms with E-state index >= 15 is 0 Å². The van der Waals surface area contributed by atoms with E-state index in [-0.39, 0.29) is 24.8 Å². The van der Waals surface area contributed by atoms with Gasteiger partial charge >= 0.3 is 11.9 Å². The zero-order valence-electron chi connectivity index (χ0n) is 9.64. The van der Waals surface area contributed by atoms with Crippen molar-refractivity contribution in [3.05, 3.63) is 0 Å². The Kier molecular flexibility index (Phi) is 5.49. The minimum absolute atomic E-state index is 0.0835. The number of hydrogen-bond acceptors (Lipinski definition) is 3. The van der Waals surface area contributed by atoms with Crippen LogP contribution < -0.4 is 0 Å². The Labute approximate surface area is 93.9 Å². The van der Waals surface area contributed by atoms with Gasteiger partial charge in [-0.1, -0.05) is 13.8 Å². The summed E-state index contributed by atoms with van der Waals surface area (Å²) in [6, 6.07) is -1.01. The van der Waals surface area contributed by atoms with Crippen LogP contribution in [0, 0.1) is 5.92 Å². The molecule has 6 heteroatoms. The summed E-state index contributed by atoms with van der Waals surface area (Å²) in [5.74, 6) is -2.90. The molecule has 0 aliphatic rings. The summed E-state index contributed by atoms with van der Waals surface area (Å²) in [7, 11) is 0. The van der Waals surface area contributed by atoms with Crippen LogP contribution >= 0.6 is 0 Å². The Morgan fingerprint density at radius 2 is 1.62 bits per heavy atom. The Morgan fingerprint density at radius 1 is 1.12 bits per heavy atom. The van der Waals surface area contributed by atoms with E-state index in [0.29, 0.717) is 0 Å². The highest BCUT2D eigenvalue weighted by Gasteiger charge is 2.27. The first-order valence-corrected chi connectivity index (χ1v) is 5.02. The van der Waals surface area contributed by atoms with Crippen LogP contribution in [0.5, 0.6) is 0 Å². The standard InChI is InChI=1S/C10H17NO5/c1-6(2)9(14)11(5-4-8(12)13)7(3)10(15)16/h6-7H,4-5H2,1-3H3,(H,12,13)(H,15,16). The smallest absolute Gasteiger partial charge is 0.326 e. The summed E-state index contributed by atoms with van der Waals surface area (Å²) < 4.78 is 0. The fourth-order valence-electron chi connectivity index (χ4n) is 1.18. The summed E-state index contributed by atoms with van der Waals surface area (Å²) in [4.78, 5) is 33.9. The molecule has 0 heterocycles. The Morgan fingerprint density at radius 3 is 1.94 bits per heavy atom. The Balaban J connectivity index is 4.69. The lowest BCUT2D eigenvalue weighted by molar-refractivity contribution is -0.152. The van der Waals surface area contributed by atoms with Crippen LogP contribution in [0.2, 0.25) is 0 Å². The lowest BCUT2D eigenvalue weighted by Crippen LogP contribution is -2.46. The molecule has 0 saturated heterocycles. The van der Waals surface area contributed by atoms with Crippen LogP contribution in [-0.2, 0) is 14.4 Å². The van der Waals surface area contributed by atoms with Crippen molar-refractivity contribution < 1.29 is 24.6 Å². The highest BCUT2D eigenvalue weighted by molar-refractivity contribution is 5.84. The van der Waals surface area contributed by atoms with Crippen molar-refractivity contribution in [2.45, 2.75) is 33.2 Å². The van der Waals surface area contributed by atoms with Gasteiger partial charge in [0.2, 0.25) is 5.91 Å². The molecule has 1 atom stereocenters. The number of aliphatic carboxylic acids is 2. The van der Waals surface area contributed by atoms with Gasteiger partial charge in [0.1, 0.15) is 6.04 Å². The van der Waals surface area contributed by atoms with E-state index in [9.17, 15) is 14.4 Å². The minimum Gasteiger partial charge on any atom is -0.481 e. The highest BCUT2D eigenvalue weighted by atomic mass is 16.4. The largest absolute Gasteiger partial charge is 0.481 e. The molecule has 16 heavy (non-hydrogen) atoms. The van der Waals surface area contributed by atoms with Gasteiger partial charge in [-0.25, -0.2) is 4.79 Å². The number of nitrogens with zero attached hydrogens (tertiary/aromatic N) is 1. The molecule has 0 bridgehead atoms. The molecular formula is C10H17NO5. The molecule has 0 fully saturated rings. The first-order chi connectivity index (χ1) is 7.27. The molecule has 0 aromatic heterocycles. The molecule has 0 spiro atoms. The summed E-state index contributed by atoms with van der Waals surface area (Å²) in [6.07, 6.45) is -0.254. The number of amides is 1. The summed E-state index contributed by atoms with van der Waals surface area (Å²) in [5.41, 5.74) is 0. The second-order valence-electron chi connectivity index (χ2n) is 3.84. The van der Waals surface area contributed by atoms with Crippen LogP contribution in [0.15, 0.2) is 0 Å². The number of carboxylic acid groups (broad SMARTS) is 2. The molecular weight excluding hydrogens is 214 g/mol. The van der Waals surface area contributed by atoms with Gasteiger partial charge in [-0.3, -0.25) is 9.59 Å². The van der Waals surface area contributed by atoms with Crippen molar-refractivity contribution in [1.29, 1.82) is 0 Å². The van der Waals surface area contributed by atoms with E-state index in [1.165, 1.54) is 6.92 Å². The Hall–Kier alpha value is -1.59. The maximum atomic E-state index is 11.7. The van der Waals surface area contributed by atoms with E-state index in [1.807, 2.05) is 0 Å². The molecule has 0 aromatic carbocycles. The van der Waals surface area contributed by atoms with Crippen LogP contribution in [0.4, 0.5) is 0 Å². The van der Waals surface area contributed by atoms with E-state index < -0.39 is 18.0 Å². The van der Waals surface area contributed by atoms with Gasteiger partial charge in [0.15, 0.2) is 0 Å². The van der Waals surface area contributed by atoms with Crippen molar-refractivity contribution in [3.63, 3.8) is 0 Å². The second kappa shape index (κ2) is 6.09. The van der Waals surface area contributed by atoms with Crippen LogP contribution in [-0.4, -0.2) is 45.5 Å². The second-order valence-corrected chi connectivity index (χ2v) is 3.84. The van der Waals surface area contributed by atoms with Crippen molar-refractivity contribution in [2.75, 3.05) is 6.54 Å². The fraction of sp³-hybridized carbons (Fsp3) is 0.700. The number of carbonyl (C=O) groups is 3. The van der Waals surface area contributed by atoms with E-state index in [2.05, 4.69) is 0 Å². The number of carboxylic acids is 2. The van der Waals surface area contributed by atoms with Gasteiger partial charge in [0.25, 0.3) is 0 Å². The molecule has 1 unspecified atom stereocenters. The number of hydrogen-bond donors (Lipinski definition) is 2. The predicted octanol–water partition coefficient (Wildman–Crippen LogP) is 0.419. The molecule has 0 saturated carbocycles. The fourth-order valence-corrected chi connectivity index (χ4v) is 1.18. The molecule has 6 nitrogen and oxygen atoms in total. The molecule has 0 radical (unpaired) electrons. The van der Waals surface area contributed by atoms with Gasteiger partial charge < -0.3 is 15.1 Å². The lowest BCUT2D eigenvalue weighted by atomic mass is 10.1. The molecule has 0 aromatic rings. The molecule has 2 N–H and O–H groups in total. The molecule has 0 aliphatic carbocycles. The average Bonchev–Trinajstić information content (AvgIpc) is 2.16. The van der Waals surface area contributed by atoms with Gasteiger partial charge in [-0.15, -0.1) is 0 Å². The van der Waals surface area contributed by atoms with Crippen molar-refractivity contribution in [3.8, 4) is 0 Å². The monoisotopic (exact) mass is 231 g/mol. The van der Waals surface area contributed by atoms with Crippen molar-refractivity contribution in [2.24, 2.45) is 5.92 Å². The normalized spacial score (nSPS) is 12.2. The molecule has 1 amide bonds. The topological polar surface area (TPSA) is 94.9 Å². The zero-order chi connectivity index (χ0) is 12.9. The first-order valence-electron chi connectivity index (χ1n) is 5.02. The highest BCUT2D eigenvalue weighted by Crippen LogP contribution is 2.08. The van der Waals surface area contributed by atoms with Gasteiger partial charge in [0, 0.05) is 12.5 Å². The van der Waals surface area contributed by atoms with Crippen LogP contribution in [0.25, 0.3) is 0 Å². The maximum Gasteiger partial charge on any atom is 0.326 e. The first kappa shape index (κ1) is 14.4. The third-order valence-corrected chi connectivity index (χ3v) is 2.17. The zero-order valence-corrected chi connectivity index (χ0v) is 9.64. The number of rotatable bonds is 6. The average molecular weight is 231 g/mol. The molecule has 92 valence electrons. The van der Waals surface area contributed by atoms with E-state index in [1.54, 1.807) is 13.8 Å². The molecule has 0 aliphatic heterocycles. The third kappa shape index (κ3) is 4.29. The van der Waals surface area contributed by atoms with Gasteiger partial charge in [0.05, 0.1) is 6.42 Å². The van der Waals surface area contributed by atoms with E-state index in [0.717, 1.165) is 4.90 Å². The molecule has 0 rings (SSSR count). The van der Waals surface area contributed by atoms with Crippen LogP contribution in [0.3, 0.4) is 0 Å². The summed E-state index contributed by atoms with van der Waals surface area (Å²) in [6.45, 7) is 4.57. The Bertz CT molecular complexity index is 287. The van der Waals surface area contributed by atoms with E-state index in [4.69, 9.17) is 10.2 Å². The summed E-state index contributed by atoms with van der Waals surface area (Å²) >= 11 is 0. The van der Waals surface area contributed by atoms with Crippen molar-refractivity contribution >= 4 is 17.8 Å². The third-order valence-electron chi connectivity index (χ3n) is 2.17. The van der Waals surface area contributed by atoms with Gasteiger partial charge in [-0.2, -0.15) is 0 Å². The summed E-state index contributed by atoms with van der Waals surface area (Å²) in [5, 5.41) is 17.3. The number of carbonyl (C=O) groups excluding carboxylic acids is 1. The maximum absolute atomic E-state index is 11.7. The van der Waals surface area contributed by atoms with Crippen molar-refractivity contribution in [1.82, 2.24) is 4.90 Å². The predicted molar refractivity (Wildman–Crippen MR) is 55.9 cm³/mol. The minimum atomic E-state index is -1.14. The lowest BCUT2D eigenvalue weighted by Gasteiger charge is -2.27.